The number of benzene rings is 2. The van der Waals surface area contributed by atoms with Gasteiger partial charge in [0.15, 0.2) is 0 Å². The van der Waals surface area contributed by atoms with E-state index in [-0.39, 0.29) is 48.6 Å². The lowest BCUT2D eigenvalue weighted by Crippen LogP contribution is -2.65. The monoisotopic (exact) mass is 758 g/mol. The Labute approximate surface area is 321 Å². The normalized spacial score (nSPS) is 31.5. The van der Waals surface area contributed by atoms with Crippen LogP contribution in [0.5, 0.6) is 0 Å². The number of fused-ring (bicyclic) bond motifs is 3. The van der Waals surface area contributed by atoms with Crippen molar-refractivity contribution in [1.29, 1.82) is 0 Å². The first kappa shape index (κ1) is 37.7. The fourth-order valence-electron chi connectivity index (χ4n) is 10.8. The maximum atomic E-state index is 13.5. The lowest BCUT2D eigenvalue weighted by atomic mass is 9.47. The van der Waals surface area contributed by atoms with Crippen LogP contribution in [0, 0.1) is 29.1 Å². The third-order valence-corrected chi connectivity index (χ3v) is 13.2. The molecule has 55 heavy (non-hydrogen) atoms. The average Bonchev–Trinajstić information content (AvgIpc) is 3.69. The highest BCUT2D eigenvalue weighted by atomic mass is 17.3. The molecule has 4 amide bonds. The lowest BCUT2D eigenvalue weighted by Gasteiger charge is -2.61. The SMILES string of the molecule is CC(C)(CNC(=O)CC1CCC2(CC1)OOC1(O2)[C@@H]2CC3C[C@H]1CC(C(=O)NCCCNC(=O)O)(C3)C2)NC(=O)OCC1c2ccccc2-c2ccccc21. The molecule has 5 saturated carbocycles. The second-order valence-corrected chi connectivity index (χ2v) is 17.6. The third kappa shape index (κ3) is 7.42. The van der Waals surface area contributed by atoms with E-state index < -0.39 is 34.7 Å². The van der Waals surface area contributed by atoms with Gasteiger partial charge in [0.2, 0.25) is 23.4 Å². The summed E-state index contributed by atoms with van der Waals surface area (Å²) in [6.07, 6.45) is 6.24. The molecular formula is C42H54N4O9. The topological polar surface area (TPSA) is 174 Å². The number of hydrogen-bond donors (Lipinski definition) is 5. The molecule has 7 aliphatic rings. The van der Waals surface area contributed by atoms with Crippen LogP contribution in [-0.4, -0.2) is 72.5 Å². The molecule has 2 spiro atoms. The second kappa shape index (κ2) is 14.7. The molecule has 2 aromatic carbocycles. The van der Waals surface area contributed by atoms with Crippen molar-refractivity contribution in [3.8, 4) is 11.1 Å². The van der Waals surface area contributed by atoms with E-state index in [0.29, 0.717) is 57.5 Å². The molecule has 1 aliphatic heterocycles. The minimum absolute atomic E-state index is 0.0284. The van der Waals surface area contributed by atoms with Gasteiger partial charge in [0.1, 0.15) is 6.61 Å². The van der Waals surface area contributed by atoms with Crippen LogP contribution in [0.15, 0.2) is 48.5 Å². The number of amides is 4. The van der Waals surface area contributed by atoms with Crippen LogP contribution in [0.25, 0.3) is 11.1 Å². The van der Waals surface area contributed by atoms with E-state index in [2.05, 4.69) is 45.5 Å². The summed E-state index contributed by atoms with van der Waals surface area (Å²) in [6, 6.07) is 16.4. The zero-order valence-electron chi connectivity index (χ0n) is 31.8. The summed E-state index contributed by atoms with van der Waals surface area (Å²) >= 11 is 0. The third-order valence-electron chi connectivity index (χ3n) is 13.2. The van der Waals surface area contributed by atoms with Gasteiger partial charge in [0.25, 0.3) is 0 Å². The fourth-order valence-corrected chi connectivity index (χ4v) is 10.8. The maximum Gasteiger partial charge on any atom is 0.407 e. The zero-order valence-corrected chi connectivity index (χ0v) is 31.8. The summed E-state index contributed by atoms with van der Waals surface area (Å²) in [5, 5.41) is 20.2. The molecule has 0 aromatic heterocycles. The van der Waals surface area contributed by atoms with Crippen LogP contribution < -0.4 is 21.3 Å². The van der Waals surface area contributed by atoms with Crippen LogP contribution in [-0.2, 0) is 28.8 Å². The standard InChI is InChI=1S/C42H54N4O9/c1-39(2,46-38(51)52-24-34-32-10-5-3-8-30(32)31-9-4-6-11-33(31)34)25-45-35(47)20-26-12-14-41(15-13-26)53-42(55-54-41)28-18-27-19-29(42)23-40(21-27,22-28)36(48)43-16-7-17-44-37(49)50/h3-6,8-11,26-29,34,44H,7,12-25H2,1-2H3,(H,43,48)(H,45,47)(H,46,51)(H,49,50)/t26?,27?,28-,29+,40?,41?,42?. The molecule has 2 aromatic rings. The molecule has 13 nitrogen and oxygen atoms in total. The van der Waals surface area contributed by atoms with Gasteiger partial charge in [-0.15, -0.1) is 0 Å². The van der Waals surface area contributed by atoms with E-state index in [1.54, 1.807) is 0 Å². The first-order chi connectivity index (χ1) is 26.4. The van der Waals surface area contributed by atoms with Crippen molar-refractivity contribution in [2.45, 2.75) is 108 Å². The van der Waals surface area contributed by atoms with Gasteiger partial charge in [-0.05, 0) is 99.3 Å². The van der Waals surface area contributed by atoms with Crippen molar-refractivity contribution in [1.82, 2.24) is 21.3 Å². The zero-order chi connectivity index (χ0) is 38.4. The van der Waals surface area contributed by atoms with E-state index in [9.17, 15) is 19.2 Å². The molecule has 5 atom stereocenters. The predicted octanol–water partition coefficient (Wildman–Crippen LogP) is 5.97. The summed E-state index contributed by atoms with van der Waals surface area (Å²) in [5.74, 6) is -0.986. The van der Waals surface area contributed by atoms with Crippen molar-refractivity contribution in [2.75, 3.05) is 26.2 Å². The van der Waals surface area contributed by atoms with Gasteiger partial charge < -0.3 is 35.8 Å². The van der Waals surface area contributed by atoms with Crippen molar-refractivity contribution in [3.63, 3.8) is 0 Å². The van der Waals surface area contributed by atoms with Gasteiger partial charge in [-0.3, -0.25) is 9.59 Å². The van der Waals surface area contributed by atoms with Crippen molar-refractivity contribution in [2.24, 2.45) is 29.1 Å². The molecule has 1 saturated heterocycles. The lowest BCUT2D eigenvalue weighted by molar-refractivity contribution is -0.393. The first-order valence-corrected chi connectivity index (χ1v) is 20.1. The molecule has 9 rings (SSSR count). The second-order valence-electron chi connectivity index (χ2n) is 17.6. The van der Waals surface area contributed by atoms with Crippen molar-refractivity contribution in [3.05, 3.63) is 59.7 Å². The Balaban J connectivity index is 0.773. The Bertz CT molecular complexity index is 1740. The molecule has 296 valence electrons. The number of hydrogen-bond acceptors (Lipinski definition) is 8. The first-order valence-electron chi connectivity index (χ1n) is 20.1. The Kier molecular flexibility index (Phi) is 10.1. The van der Waals surface area contributed by atoms with E-state index in [1.165, 1.54) is 11.1 Å². The summed E-state index contributed by atoms with van der Waals surface area (Å²) in [6.45, 7) is 4.95. The van der Waals surface area contributed by atoms with Crippen LogP contribution in [0.1, 0.15) is 102 Å². The van der Waals surface area contributed by atoms with Gasteiger partial charge >= 0.3 is 12.2 Å². The van der Waals surface area contributed by atoms with Crippen molar-refractivity contribution < 1.29 is 43.5 Å². The molecule has 6 fully saturated rings. The van der Waals surface area contributed by atoms with Crippen molar-refractivity contribution >= 4 is 24.0 Å². The highest BCUT2D eigenvalue weighted by Gasteiger charge is 2.71. The summed E-state index contributed by atoms with van der Waals surface area (Å²) in [5.41, 5.74) is 3.48. The maximum absolute atomic E-state index is 13.5. The highest BCUT2D eigenvalue weighted by Crippen LogP contribution is 2.67. The molecule has 1 heterocycles. The number of alkyl carbamates (subject to hydrolysis) is 1. The Hall–Kier alpha value is -4.20. The van der Waals surface area contributed by atoms with Gasteiger partial charge in [0.05, 0.1) is 11.0 Å². The fraction of sp³-hybridized carbons (Fsp3) is 0.619. The summed E-state index contributed by atoms with van der Waals surface area (Å²) < 4.78 is 12.6. The number of nitrogens with one attached hydrogen (secondary N) is 4. The number of rotatable bonds is 12. The number of carbonyl (C=O) groups is 4. The van der Waals surface area contributed by atoms with Gasteiger partial charge in [-0.1, -0.05) is 48.5 Å². The molecule has 4 bridgehead atoms. The van der Waals surface area contributed by atoms with Crippen LogP contribution in [0.2, 0.25) is 0 Å². The summed E-state index contributed by atoms with van der Waals surface area (Å²) in [7, 11) is 0. The molecular weight excluding hydrogens is 704 g/mol. The van der Waals surface area contributed by atoms with E-state index in [4.69, 9.17) is 24.4 Å². The molecule has 3 unspecified atom stereocenters. The Morgan fingerprint density at radius 3 is 2.15 bits per heavy atom. The smallest absolute Gasteiger partial charge is 0.407 e. The van der Waals surface area contributed by atoms with Crippen LogP contribution in [0.4, 0.5) is 9.59 Å². The summed E-state index contributed by atoms with van der Waals surface area (Å²) in [4.78, 5) is 62.6. The quantitative estimate of drug-likeness (QED) is 0.129. The van der Waals surface area contributed by atoms with Gasteiger partial charge in [-0.2, -0.15) is 9.78 Å². The van der Waals surface area contributed by atoms with E-state index in [0.717, 1.165) is 43.2 Å². The number of ether oxygens (including phenoxy) is 2. The molecule has 5 N–H and O–H groups in total. The predicted molar refractivity (Wildman–Crippen MR) is 200 cm³/mol. The highest BCUT2D eigenvalue weighted by molar-refractivity contribution is 5.83. The van der Waals surface area contributed by atoms with Gasteiger partial charge in [0, 0.05) is 56.7 Å². The van der Waals surface area contributed by atoms with Crippen LogP contribution in [0.3, 0.4) is 0 Å². The minimum atomic E-state index is -1.06. The number of carboxylic acid groups (broad SMARTS) is 1. The van der Waals surface area contributed by atoms with Crippen LogP contribution >= 0.6 is 0 Å². The van der Waals surface area contributed by atoms with Gasteiger partial charge in [-0.25, -0.2) is 9.59 Å². The molecule has 13 heteroatoms. The minimum Gasteiger partial charge on any atom is -0.465 e. The molecule has 6 aliphatic carbocycles. The Morgan fingerprint density at radius 1 is 0.855 bits per heavy atom. The largest absolute Gasteiger partial charge is 0.465 e. The molecule has 0 radical (unpaired) electrons. The average molecular weight is 759 g/mol. The van der Waals surface area contributed by atoms with E-state index in [1.807, 2.05) is 38.1 Å². The van der Waals surface area contributed by atoms with E-state index >= 15 is 0 Å². The number of carbonyl (C=O) groups excluding carboxylic acids is 3. The Morgan fingerprint density at radius 2 is 1.49 bits per heavy atom.